The van der Waals surface area contributed by atoms with Gasteiger partial charge in [0.05, 0.1) is 18.8 Å². The molecular weight excluding hydrogens is 304 g/mol. The maximum atomic E-state index is 10.4. The highest BCUT2D eigenvalue weighted by molar-refractivity contribution is 5.35. The number of ether oxygens (including phenoxy) is 1. The summed E-state index contributed by atoms with van der Waals surface area (Å²) >= 11 is 0. The maximum absolute atomic E-state index is 10.4. The minimum Gasteiger partial charge on any atom is -0.387 e. The van der Waals surface area contributed by atoms with Crippen LogP contribution < -0.4 is 4.90 Å². The van der Waals surface area contributed by atoms with Crippen molar-refractivity contribution in [2.24, 2.45) is 0 Å². The number of β-amino-alcohol motifs (C(OH)–C–C–N with tert-alkyl or cyclic N) is 1. The normalized spacial score (nSPS) is 19.8. The third kappa shape index (κ3) is 4.50. The van der Waals surface area contributed by atoms with Gasteiger partial charge in [0.2, 0.25) is 0 Å². The number of aliphatic hydroxyl groups excluding tert-OH is 1. The molecule has 1 aliphatic rings. The first-order valence-electron chi connectivity index (χ1n) is 8.28. The van der Waals surface area contributed by atoms with Crippen LogP contribution in [-0.4, -0.2) is 66.1 Å². The molecule has 1 aromatic carbocycles. The van der Waals surface area contributed by atoms with Crippen LogP contribution in [0, 0.1) is 0 Å². The van der Waals surface area contributed by atoms with Gasteiger partial charge in [0.25, 0.3) is 0 Å². The van der Waals surface area contributed by atoms with Crippen molar-refractivity contribution in [3.63, 3.8) is 0 Å². The third-order valence-electron chi connectivity index (χ3n) is 4.27. The summed E-state index contributed by atoms with van der Waals surface area (Å²) in [6.07, 6.45) is 1.29. The smallest absolute Gasteiger partial charge is 0.151 e. The lowest BCUT2D eigenvalue weighted by atomic mass is 10.1. The van der Waals surface area contributed by atoms with Gasteiger partial charge in [0.1, 0.15) is 0 Å². The third-order valence-corrected chi connectivity index (χ3v) is 4.27. The molecule has 0 aliphatic carbocycles. The largest absolute Gasteiger partial charge is 0.387 e. The summed E-state index contributed by atoms with van der Waals surface area (Å²) < 4.78 is 5.87. The van der Waals surface area contributed by atoms with Crippen LogP contribution in [0.25, 0.3) is 0 Å². The highest BCUT2D eigenvalue weighted by atomic mass is 16.5. The van der Waals surface area contributed by atoms with Crippen molar-refractivity contribution in [1.82, 2.24) is 15.1 Å². The second-order valence-corrected chi connectivity index (χ2v) is 6.14. The topological polar surface area (TPSA) is 61.7 Å². The molecule has 0 bridgehead atoms. The molecule has 6 nitrogen and oxygen atoms in total. The fourth-order valence-electron chi connectivity index (χ4n) is 2.98. The first-order valence-corrected chi connectivity index (χ1v) is 8.28. The Kier molecular flexibility index (Phi) is 5.74. The van der Waals surface area contributed by atoms with E-state index in [1.54, 1.807) is 6.20 Å². The second kappa shape index (κ2) is 8.19. The van der Waals surface area contributed by atoms with Crippen LogP contribution in [-0.2, 0) is 4.74 Å². The predicted octanol–water partition coefficient (Wildman–Crippen LogP) is 1.35. The number of rotatable bonds is 6. The van der Waals surface area contributed by atoms with Gasteiger partial charge in [-0.1, -0.05) is 30.3 Å². The molecule has 1 aromatic heterocycles. The number of likely N-dealkylation sites (N-methyl/N-ethyl adjacent to an activating group) is 1. The molecule has 0 radical (unpaired) electrons. The predicted molar refractivity (Wildman–Crippen MR) is 92.9 cm³/mol. The molecule has 2 atom stereocenters. The Morgan fingerprint density at radius 2 is 2.12 bits per heavy atom. The van der Waals surface area contributed by atoms with Crippen molar-refractivity contribution in [3.8, 4) is 0 Å². The number of nitrogens with zero attached hydrogens (tertiary/aromatic N) is 4. The van der Waals surface area contributed by atoms with Crippen molar-refractivity contribution in [1.29, 1.82) is 0 Å². The molecule has 128 valence electrons. The number of hydrogen-bond acceptors (Lipinski definition) is 6. The van der Waals surface area contributed by atoms with Crippen molar-refractivity contribution >= 4 is 5.82 Å². The molecule has 1 N–H and O–H groups in total. The van der Waals surface area contributed by atoms with E-state index in [0.29, 0.717) is 13.2 Å². The minimum absolute atomic E-state index is 0.0914. The van der Waals surface area contributed by atoms with E-state index in [9.17, 15) is 5.11 Å². The van der Waals surface area contributed by atoms with Crippen molar-refractivity contribution in [3.05, 3.63) is 54.2 Å². The lowest BCUT2D eigenvalue weighted by Crippen LogP contribution is -2.48. The summed E-state index contributed by atoms with van der Waals surface area (Å²) in [6.45, 7) is 3.69. The van der Waals surface area contributed by atoms with Crippen molar-refractivity contribution in [2.75, 3.05) is 44.7 Å². The first-order chi connectivity index (χ1) is 11.7. The average molecular weight is 328 g/mol. The second-order valence-electron chi connectivity index (χ2n) is 6.14. The number of aliphatic hydroxyl groups is 1. The molecule has 2 heterocycles. The Balaban J connectivity index is 1.53. The van der Waals surface area contributed by atoms with E-state index in [0.717, 1.165) is 31.0 Å². The molecule has 0 unspecified atom stereocenters. The van der Waals surface area contributed by atoms with Crippen LogP contribution in [0.2, 0.25) is 0 Å². The summed E-state index contributed by atoms with van der Waals surface area (Å²) in [5.41, 5.74) is 0.956. The van der Waals surface area contributed by atoms with E-state index in [2.05, 4.69) is 20.0 Å². The Morgan fingerprint density at radius 3 is 2.88 bits per heavy atom. The standard InChI is InChI=1S/C18H24N4O2/c1-21(18-8-5-9-19-20-18)12-16-13-22(10-11-24-16)14-17(23)15-6-3-2-4-7-15/h2-9,16-17,23H,10-14H2,1H3/t16-,17+/m1/s1. The number of benzene rings is 1. The highest BCUT2D eigenvalue weighted by Gasteiger charge is 2.24. The van der Waals surface area contributed by atoms with Crippen LogP contribution in [0.1, 0.15) is 11.7 Å². The quantitative estimate of drug-likeness (QED) is 0.864. The van der Waals surface area contributed by atoms with Crippen LogP contribution in [0.15, 0.2) is 48.7 Å². The van der Waals surface area contributed by atoms with Crippen molar-refractivity contribution in [2.45, 2.75) is 12.2 Å². The number of morpholine rings is 1. The Hall–Kier alpha value is -2.02. The molecule has 2 aromatic rings. The Labute approximate surface area is 142 Å². The monoisotopic (exact) mass is 328 g/mol. The molecule has 0 spiro atoms. The van der Waals surface area contributed by atoms with Crippen LogP contribution in [0.5, 0.6) is 0 Å². The minimum atomic E-state index is -0.470. The number of anilines is 1. The molecule has 3 rings (SSSR count). The Bertz CT molecular complexity index is 557. The van der Waals surface area contributed by atoms with Gasteiger partial charge in [-0.25, -0.2) is 0 Å². The SMILES string of the molecule is CN(C[C@@H]1CN(C[C@H](O)c2ccccc2)CCO1)c1cccnn1. The molecule has 1 aliphatic heterocycles. The summed E-state index contributed by atoms with van der Waals surface area (Å²) in [5, 5.41) is 18.4. The lowest BCUT2D eigenvalue weighted by Gasteiger charge is -2.35. The summed E-state index contributed by atoms with van der Waals surface area (Å²) in [7, 11) is 1.99. The summed E-state index contributed by atoms with van der Waals surface area (Å²) in [4.78, 5) is 4.31. The zero-order valence-corrected chi connectivity index (χ0v) is 14.0. The van der Waals surface area contributed by atoms with Crippen LogP contribution in [0.4, 0.5) is 5.82 Å². The van der Waals surface area contributed by atoms with Gasteiger partial charge >= 0.3 is 0 Å². The Morgan fingerprint density at radius 1 is 1.29 bits per heavy atom. The molecule has 0 amide bonds. The van der Waals surface area contributed by atoms with Gasteiger partial charge in [0, 0.05) is 39.4 Å². The van der Waals surface area contributed by atoms with E-state index in [1.165, 1.54) is 0 Å². The maximum Gasteiger partial charge on any atom is 0.151 e. The lowest BCUT2D eigenvalue weighted by molar-refractivity contribution is -0.0364. The van der Waals surface area contributed by atoms with Crippen LogP contribution >= 0.6 is 0 Å². The van der Waals surface area contributed by atoms with E-state index in [-0.39, 0.29) is 6.10 Å². The van der Waals surface area contributed by atoms with Gasteiger partial charge in [-0.3, -0.25) is 4.90 Å². The summed E-state index contributed by atoms with van der Waals surface area (Å²) in [5.74, 6) is 0.836. The van der Waals surface area contributed by atoms with Gasteiger partial charge in [-0.05, 0) is 17.7 Å². The zero-order chi connectivity index (χ0) is 16.8. The van der Waals surface area contributed by atoms with Gasteiger partial charge in [-0.15, -0.1) is 5.10 Å². The zero-order valence-electron chi connectivity index (χ0n) is 14.0. The van der Waals surface area contributed by atoms with E-state index in [4.69, 9.17) is 4.74 Å². The van der Waals surface area contributed by atoms with Crippen molar-refractivity contribution < 1.29 is 9.84 Å². The fourth-order valence-corrected chi connectivity index (χ4v) is 2.98. The molecular formula is C18H24N4O2. The highest BCUT2D eigenvalue weighted by Crippen LogP contribution is 2.17. The van der Waals surface area contributed by atoms with Gasteiger partial charge < -0.3 is 14.7 Å². The molecule has 1 saturated heterocycles. The number of hydrogen-bond donors (Lipinski definition) is 1. The fraction of sp³-hybridized carbons (Fsp3) is 0.444. The molecule has 1 fully saturated rings. The van der Waals surface area contributed by atoms with E-state index < -0.39 is 6.10 Å². The van der Waals surface area contributed by atoms with E-state index in [1.807, 2.05) is 49.5 Å². The molecule has 24 heavy (non-hydrogen) atoms. The van der Waals surface area contributed by atoms with Gasteiger partial charge in [0.15, 0.2) is 5.82 Å². The van der Waals surface area contributed by atoms with E-state index >= 15 is 0 Å². The molecule has 0 saturated carbocycles. The van der Waals surface area contributed by atoms with Crippen LogP contribution in [0.3, 0.4) is 0 Å². The first kappa shape index (κ1) is 16.8. The van der Waals surface area contributed by atoms with Gasteiger partial charge in [-0.2, -0.15) is 5.10 Å². The molecule has 6 heteroatoms. The number of aromatic nitrogens is 2. The average Bonchev–Trinajstić information content (AvgIpc) is 2.63. The summed E-state index contributed by atoms with van der Waals surface area (Å²) in [6, 6.07) is 13.6.